The van der Waals surface area contributed by atoms with Crippen molar-refractivity contribution in [1.82, 2.24) is 15.0 Å². The summed E-state index contributed by atoms with van der Waals surface area (Å²) in [5.74, 6) is 0.422. The van der Waals surface area contributed by atoms with Gasteiger partial charge in [0.1, 0.15) is 15.6 Å². The summed E-state index contributed by atoms with van der Waals surface area (Å²) in [5.41, 5.74) is 1.41. The highest BCUT2D eigenvalue weighted by Crippen LogP contribution is 2.31. The van der Waals surface area contributed by atoms with E-state index in [4.69, 9.17) is 4.52 Å². The third-order valence-corrected chi connectivity index (χ3v) is 4.27. The molecular weight excluding hydrogens is 298 g/mol. The quantitative estimate of drug-likeness (QED) is 0.737. The maximum Gasteiger partial charge on any atom is 0.265 e. The lowest BCUT2D eigenvalue weighted by Gasteiger charge is -2.18. The van der Waals surface area contributed by atoms with Crippen molar-refractivity contribution in [2.24, 2.45) is 5.92 Å². The van der Waals surface area contributed by atoms with Crippen molar-refractivity contribution in [3.05, 3.63) is 35.3 Å². The van der Waals surface area contributed by atoms with Crippen molar-refractivity contribution >= 4 is 28.2 Å². The molecule has 1 amide bonds. The molecule has 3 aromatic rings. The molecule has 0 unspecified atom stereocenters. The predicted octanol–water partition coefficient (Wildman–Crippen LogP) is 3.68. The van der Waals surface area contributed by atoms with Crippen molar-refractivity contribution in [3.8, 4) is 10.7 Å². The molecule has 0 N–H and O–H groups in total. The SMILES string of the molecule is CC(C)CN(C)C(=O)c1cnc(-c2noc3ccccc23)s1. The third kappa shape index (κ3) is 2.74. The molecule has 0 saturated carbocycles. The summed E-state index contributed by atoms with van der Waals surface area (Å²) in [4.78, 5) is 19.1. The number of benzene rings is 1. The number of carbonyl (C=O) groups is 1. The second-order valence-corrected chi connectivity index (χ2v) is 6.67. The van der Waals surface area contributed by atoms with E-state index in [0.29, 0.717) is 21.5 Å². The first-order valence-electron chi connectivity index (χ1n) is 7.12. The number of fused-ring (bicyclic) bond motifs is 1. The van der Waals surface area contributed by atoms with Crippen molar-refractivity contribution in [1.29, 1.82) is 0 Å². The maximum absolute atomic E-state index is 12.4. The van der Waals surface area contributed by atoms with E-state index in [1.165, 1.54) is 11.3 Å². The molecule has 0 saturated heterocycles. The standard InChI is InChI=1S/C16H17N3O2S/c1-10(2)9-19(3)16(20)13-8-17-15(22-13)14-11-6-4-5-7-12(11)21-18-14/h4-8,10H,9H2,1-3H3. The van der Waals surface area contributed by atoms with Gasteiger partial charge in [-0.2, -0.15) is 0 Å². The van der Waals surface area contributed by atoms with Crippen LogP contribution in [0.4, 0.5) is 0 Å². The van der Waals surface area contributed by atoms with Gasteiger partial charge in [0.25, 0.3) is 5.91 Å². The van der Waals surface area contributed by atoms with E-state index in [-0.39, 0.29) is 5.91 Å². The van der Waals surface area contributed by atoms with Crippen LogP contribution in [0, 0.1) is 5.92 Å². The Morgan fingerprint density at radius 3 is 2.91 bits per heavy atom. The summed E-state index contributed by atoms with van der Waals surface area (Å²) in [7, 11) is 1.81. The van der Waals surface area contributed by atoms with E-state index in [1.807, 2.05) is 31.3 Å². The third-order valence-electron chi connectivity index (χ3n) is 3.28. The average Bonchev–Trinajstić information content (AvgIpc) is 3.12. The highest BCUT2D eigenvalue weighted by atomic mass is 32.1. The molecule has 0 bridgehead atoms. The van der Waals surface area contributed by atoms with Gasteiger partial charge in [-0.15, -0.1) is 11.3 Å². The minimum atomic E-state index is -0.00903. The van der Waals surface area contributed by atoms with Crippen LogP contribution in [-0.2, 0) is 0 Å². The highest BCUT2D eigenvalue weighted by Gasteiger charge is 2.19. The van der Waals surface area contributed by atoms with Crippen LogP contribution in [0.3, 0.4) is 0 Å². The molecule has 0 spiro atoms. The summed E-state index contributed by atoms with van der Waals surface area (Å²) in [6.45, 7) is 4.89. The number of hydrogen-bond donors (Lipinski definition) is 0. The van der Waals surface area contributed by atoms with E-state index < -0.39 is 0 Å². The number of nitrogens with zero attached hydrogens (tertiary/aromatic N) is 3. The molecule has 2 aromatic heterocycles. The largest absolute Gasteiger partial charge is 0.356 e. The van der Waals surface area contributed by atoms with Crippen molar-refractivity contribution < 1.29 is 9.32 Å². The molecule has 0 radical (unpaired) electrons. The Balaban J connectivity index is 1.89. The summed E-state index contributed by atoms with van der Waals surface area (Å²) in [5, 5.41) is 5.69. The fourth-order valence-electron chi connectivity index (χ4n) is 2.34. The van der Waals surface area contributed by atoms with E-state index in [9.17, 15) is 4.79 Å². The summed E-state index contributed by atoms with van der Waals surface area (Å²) in [6, 6.07) is 7.63. The maximum atomic E-state index is 12.4. The lowest BCUT2D eigenvalue weighted by molar-refractivity contribution is 0.0783. The zero-order chi connectivity index (χ0) is 15.7. The van der Waals surface area contributed by atoms with Crippen LogP contribution < -0.4 is 0 Å². The van der Waals surface area contributed by atoms with Crippen LogP contribution in [0.2, 0.25) is 0 Å². The molecule has 0 fully saturated rings. The first-order chi connectivity index (χ1) is 10.6. The first-order valence-corrected chi connectivity index (χ1v) is 7.94. The number of aromatic nitrogens is 2. The molecule has 3 rings (SSSR count). The normalized spacial score (nSPS) is 11.3. The van der Waals surface area contributed by atoms with Gasteiger partial charge in [0.15, 0.2) is 5.58 Å². The van der Waals surface area contributed by atoms with Crippen LogP contribution in [0.1, 0.15) is 23.5 Å². The molecule has 0 atom stereocenters. The lowest BCUT2D eigenvalue weighted by Crippen LogP contribution is -2.29. The van der Waals surface area contributed by atoms with Gasteiger partial charge in [0.2, 0.25) is 0 Å². The summed E-state index contributed by atoms with van der Waals surface area (Å²) < 4.78 is 5.29. The van der Waals surface area contributed by atoms with Gasteiger partial charge in [-0.05, 0) is 18.1 Å². The molecule has 114 valence electrons. The predicted molar refractivity (Wildman–Crippen MR) is 86.9 cm³/mol. The molecule has 5 nitrogen and oxygen atoms in total. The molecule has 0 aliphatic rings. The van der Waals surface area contributed by atoms with E-state index >= 15 is 0 Å². The number of hydrogen-bond acceptors (Lipinski definition) is 5. The Morgan fingerprint density at radius 2 is 2.14 bits per heavy atom. The van der Waals surface area contributed by atoms with E-state index in [0.717, 1.165) is 17.5 Å². The molecular formula is C16H17N3O2S. The van der Waals surface area contributed by atoms with Crippen LogP contribution in [-0.4, -0.2) is 34.5 Å². The lowest BCUT2D eigenvalue weighted by atomic mass is 10.2. The Hall–Kier alpha value is -2.21. The Kier molecular flexibility index (Phi) is 3.94. The van der Waals surface area contributed by atoms with Gasteiger partial charge in [0.05, 0.1) is 11.6 Å². The molecule has 2 heterocycles. The van der Waals surface area contributed by atoms with Crippen molar-refractivity contribution in [2.75, 3.05) is 13.6 Å². The van der Waals surface area contributed by atoms with Gasteiger partial charge in [-0.25, -0.2) is 4.98 Å². The Morgan fingerprint density at radius 1 is 1.36 bits per heavy atom. The summed E-state index contributed by atoms with van der Waals surface area (Å²) in [6.07, 6.45) is 1.61. The number of amides is 1. The number of para-hydroxylation sites is 1. The fourth-order valence-corrected chi connectivity index (χ4v) is 3.25. The number of thiazole rings is 1. The number of carbonyl (C=O) groups excluding carboxylic acids is 1. The van der Waals surface area contributed by atoms with Gasteiger partial charge < -0.3 is 9.42 Å². The van der Waals surface area contributed by atoms with Gasteiger partial charge >= 0.3 is 0 Å². The second-order valence-electron chi connectivity index (χ2n) is 5.64. The van der Waals surface area contributed by atoms with Gasteiger partial charge in [-0.3, -0.25) is 4.79 Å². The zero-order valence-electron chi connectivity index (χ0n) is 12.7. The first kappa shape index (κ1) is 14.7. The van der Waals surface area contributed by atoms with Gasteiger partial charge in [-0.1, -0.05) is 31.1 Å². The highest BCUT2D eigenvalue weighted by molar-refractivity contribution is 7.17. The minimum Gasteiger partial charge on any atom is -0.356 e. The average molecular weight is 315 g/mol. The fraction of sp³-hybridized carbons (Fsp3) is 0.312. The Bertz CT molecular complexity index is 806. The molecule has 6 heteroatoms. The number of rotatable bonds is 4. The van der Waals surface area contributed by atoms with Crippen LogP contribution >= 0.6 is 11.3 Å². The molecule has 22 heavy (non-hydrogen) atoms. The summed E-state index contributed by atoms with van der Waals surface area (Å²) >= 11 is 1.34. The van der Waals surface area contributed by atoms with E-state index in [1.54, 1.807) is 11.1 Å². The van der Waals surface area contributed by atoms with Crippen molar-refractivity contribution in [2.45, 2.75) is 13.8 Å². The monoisotopic (exact) mass is 315 g/mol. The van der Waals surface area contributed by atoms with Crippen LogP contribution in [0.5, 0.6) is 0 Å². The van der Waals surface area contributed by atoms with Crippen LogP contribution in [0.15, 0.2) is 35.0 Å². The topological polar surface area (TPSA) is 59.2 Å². The Labute approximate surface area is 132 Å². The van der Waals surface area contributed by atoms with Crippen molar-refractivity contribution in [3.63, 3.8) is 0 Å². The molecule has 1 aromatic carbocycles. The molecule has 0 aliphatic heterocycles. The van der Waals surface area contributed by atoms with Crippen LogP contribution in [0.25, 0.3) is 21.7 Å². The van der Waals surface area contributed by atoms with E-state index in [2.05, 4.69) is 24.0 Å². The second kappa shape index (κ2) is 5.88. The zero-order valence-corrected chi connectivity index (χ0v) is 13.6. The smallest absolute Gasteiger partial charge is 0.265 e. The minimum absolute atomic E-state index is 0.00903. The molecule has 0 aliphatic carbocycles. The van der Waals surface area contributed by atoms with Gasteiger partial charge in [0, 0.05) is 13.6 Å².